The van der Waals surface area contributed by atoms with Gasteiger partial charge in [0.05, 0.1) is 6.20 Å². The molecule has 0 unspecified atom stereocenters. The molecule has 0 N–H and O–H groups in total. The molecule has 0 aliphatic rings. The minimum Gasteiger partial charge on any atom is -0.441 e. The van der Waals surface area contributed by atoms with Crippen LogP contribution in [0, 0.1) is 0 Å². The Kier molecular flexibility index (Phi) is 7.24. The number of carbonyl (C=O) groups is 1. The van der Waals surface area contributed by atoms with Crippen LogP contribution in [0.3, 0.4) is 0 Å². The molecular formula is C19H23F3N2O2. The van der Waals surface area contributed by atoms with Gasteiger partial charge in [-0.05, 0) is 12.8 Å². The van der Waals surface area contributed by atoms with Crippen LogP contribution in [0.2, 0.25) is 0 Å². The molecule has 0 spiro atoms. The summed E-state index contributed by atoms with van der Waals surface area (Å²) in [6, 6.07) is 9.48. The Morgan fingerprint density at radius 3 is 2.58 bits per heavy atom. The number of hydrogen-bond donors (Lipinski definition) is 0. The molecule has 2 aromatic rings. The first-order chi connectivity index (χ1) is 12.4. The number of nitrogens with zero attached hydrogens (tertiary/aromatic N) is 2. The fourth-order valence-electron chi connectivity index (χ4n) is 2.57. The third-order valence-corrected chi connectivity index (χ3v) is 3.90. The number of aryl methyl sites for hydroxylation is 1. The van der Waals surface area contributed by atoms with Crippen molar-refractivity contribution in [2.45, 2.75) is 45.2 Å². The van der Waals surface area contributed by atoms with Crippen LogP contribution in [0.5, 0.6) is 0 Å². The van der Waals surface area contributed by atoms with Gasteiger partial charge in [-0.3, -0.25) is 4.79 Å². The zero-order valence-electron chi connectivity index (χ0n) is 14.8. The molecule has 0 saturated heterocycles. The van der Waals surface area contributed by atoms with Gasteiger partial charge < -0.3 is 9.32 Å². The topological polar surface area (TPSA) is 46.3 Å². The van der Waals surface area contributed by atoms with Crippen LogP contribution >= 0.6 is 0 Å². The molecule has 0 aliphatic carbocycles. The van der Waals surface area contributed by atoms with Crippen molar-refractivity contribution in [2.75, 3.05) is 13.1 Å². The second-order valence-corrected chi connectivity index (χ2v) is 6.12. The highest BCUT2D eigenvalue weighted by Gasteiger charge is 2.32. The predicted molar refractivity (Wildman–Crippen MR) is 92.4 cm³/mol. The molecule has 1 heterocycles. The van der Waals surface area contributed by atoms with E-state index in [9.17, 15) is 18.0 Å². The number of aromatic nitrogens is 1. The number of oxazole rings is 1. The highest BCUT2D eigenvalue weighted by molar-refractivity contribution is 5.76. The van der Waals surface area contributed by atoms with E-state index in [4.69, 9.17) is 4.42 Å². The second-order valence-electron chi connectivity index (χ2n) is 6.12. The highest BCUT2D eigenvalue weighted by atomic mass is 19.4. The van der Waals surface area contributed by atoms with Gasteiger partial charge in [-0.15, -0.1) is 0 Å². The molecule has 2 rings (SSSR count). The lowest BCUT2D eigenvalue weighted by Crippen LogP contribution is -2.39. The standard InChI is InChI=1S/C19H23F3N2O2/c1-2-3-12-24(14-19(20,21)22)18(25)11-7-10-17-23-13-16(26-17)15-8-5-4-6-9-15/h4-6,8-9,13H,2-3,7,10-12,14H2,1H3. The number of halogens is 3. The monoisotopic (exact) mass is 368 g/mol. The maximum atomic E-state index is 12.6. The van der Waals surface area contributed by atoms with E-state index < -0.39 is 18.6 Å². The van der Waals surface area contributed by atoms with Gasteiger partial charge in [-0.1, -0.05) is 43.7 Å². The predicted octanol–water partition coefficient (Wildman–Crippen LogP) is 4.86. The molecule has 142 valence electrons. The van der Waals surface area contributed by atoms with E-state index >= 15 is 0 Å². The number of carbonyl (C=O) groups excluding carboxylic acids is 1. The van der Waals surface area contributed by atoms with Crippen molar-refractivity contribution in [1.29, 1.82) is 0 Å². The van der Waals surface area contributed by atoms with Gasteiger partial charge >= 0.3 is 6.18 Å². The van der Waals surface area contributed by atoms with Crippen molar-refractivity contribution >= 4 is 5.91 Å². The van der Waals surface area contributed by atoms with E-state index in [0.717, 1.165) is 16.9 Å². The summed E-state index contributed by atoms with van der Waals surface area (Å²) in [5.41, 5.74) is 0.901. The Morgan fingerprint density at radius 1 is 1.19 bits per heavy atom. The first-order valence-electron chi connectivity index (χ1n) is 8.73. The summed E-state index contributed by atoms with van der Waals surface area (Å²) in [5.74, 6) is 0.631. The van der Waals surface area contributed by atoms with Crippen LogP contribution in [-0.4, -0.2) is 35.1 Å². The summed E-state index contributed by atoms with van der Waals surface area (Å²) in [7, 11) is 0. The fraction of sp³-hybridized carbons (Fsp3) is 0.474. The largest absolute Gasteiger partial charge is 0.441 e. The van der Waals surface area contributed by atoms with Gasteiger partial charge in [-0.25, -0.2) is 4.98 Å². The van der Waals surface area contributed by atoms with Crippen LogP contribution < -0.4 is 0 Å². The molecule has 1 aromatic heterocycles. The van der Waals surface area contributed by atoms with Crippen LogP contribution in [0.15, 0.2) is 40.9 Å². The lowest BCUT2D eigenvalue weighted by molar-refractivity contribution is -0.161. The molecule has 0 saturated carbocycles. The summed E-state index contributed by atoms with van der Waals surface area (Å²) in [6.45, 7) is 0.818. The van der Waals surface area contributed by atoms with Gasteiger partial charge in [0.1, 0.15) is 6.54 Å². The van der Waals surface area contributed by atoms with Crippen molar-refractivity contribution in [3.8, 4) is 11.3 Å². The van der Waals surface area contributed by atoms with Gasteiger partial charge in [0.2, 0.25) is 5.91 Å². The lowest BCUT2D eigenvalue weighted by Gasteiger charge is -2.23. The molecule has 0 aliphatic heterocycles. The van der Waals surface area contributed by atoms with Crippen molar-refractivity contribution in [3.63, 3.8) is 0 Å². The van der Waals surface area contributed by atoms with Gasteiger partial charge in [-0.2, -0.15) is 13.2 Å². The van der Waals surface area contributed by atoms with Gasteiger partial charge in [0, 0.05) is 24.9 Å². The normalized spacial score (nSPS) is 11.5. The second kappa shape index (κ2) is 9.40. The Morgan fingerprint density at radius 2 is 1.92 bits per heavy atom. The first kappa shape index (κ1) is 20.0. The van der Waals surface area contributed by atoms with Crippen molar-refractivity contribution in [2.24, 2.45) is 0 Å². The summed E-state index contributed by atoms with van der Waals surface area (Å²) >= 11 is 0. The van der Waals surface area contributed by atoms with Crippen LogP contribution in [0.25, 0.3) is 11.3 Å². The van der Waals surface area contributed by atoms with Gasteiger partial charge in [0.25, 0.3) is 0 Å². The number of benzene rings is 1. The molecule has 0 radical (unpaired) electrons. The maximum Gasteiger partial charge on any atom is 0.406 e. The molecule has 0 atom stereocenters. The lowest BCUT2D eigenvalue weighted by atomic mass is 10.2. The Bertz CT molecular complexity index is 684. The van der Waals surface area contributed by atoms with Crippen molar-refractivity contribution in [1.82, 2.24) is 9.88 Å². The summed E-state index contributed by atoms with van der Waals surface area (Å²) < 4.78 is 43.5. The number of unbranched alkanes of at least 4 members (excludes halogenated alkanes) is 1. The minimum atomic E-state index is -4.38. The van der Waals surface area contributed by atoms with Crippen LogP contribution in [0.1, 0.15) is 38.5 Å². The van der Waals surface area contributed by atoms with E-state index in [1.165, 1.54) is 0 Å². The molecule has 26 heavy (non-hydrogen) atoms. The maximum absolute atomic E-state index is 12.6. The molecule has 1 amide bonds. The number of amides is 1. The van der Waals surface area contributed by atoms with E-state index in [2.05, 4.69) is 4.98 Å². The van der Waals surface area contributed by atoms with Crippen LogP contribution in [-0.2, 0) is 11.2 Å². The Balaban J connectivity index is 1.85. The molecule has 7 heteroatoms. The number of hydrogen-bond acceptors (Lipinski definition) is 3. The SMILES string of the molecule is CCCCN(CC(F)(F)F)C(=O)CCCc1ncc(-c2ccccc2)o1. The summed E-state index contributed by atoms with van der Waals surface area (Å²) in [5, 5.41) is 0. The average molecular weight is 368 g/mol. The molecule has 1 aromatic carbocycles. The van der Waals surface area contributed by atoms with Crippen LogP contribution in [0.4, 0.5) is 13.2 Å². The zero-order chi connectivity index (χ0) is 19.0. The Hall–Kier alpha value is -2.31. The first-order valence-corrected chi connectivity index (χ1v) is 8.73. The minimum absolute atomic E-state index is 0.0445. The molecule has 4 nitrogen and oxygen atoms in total. The number of alkyl halides is 3. The number of rotatable bonds is 9. The smallest absolute Gasteiger partial charge is 0.406 e. The average Bonchev–Trinajstić information content (AvgIpc) is 3.07. The molecule has 0 fully saturated rings. The third kappa shape index (κ3) is 6.54. The Labute approximate surface area is 151 Å². The molecular weight excluding hydrogens is 345 g/mol. The third-order valence-electron chi connectivity index (χ3n) is 3.90. The zero-order valence-corrected chi connectivity index (χ0v) is 14.8. The highest BCUT2D eigenvalue weighted by Crippen LogP contribution is 2.21. The van der Waals surface area contributed by atoms with E-state index in [0.29, 0.717) is 30.9 Å². The summed E-state index contributed by atoms with van der Waals surface area (Å²) in [6.07, 6.45) is -0.619. The van der Waals surface area contributed by atoms with E-state index in [-0.39, 0.29) is 13.0 Å². The fourth-order valence-corrected chi connectivity index (χ4v) is 2.57. The molecule has 0 bridgehead atoms. The van der Waals surface area contributed by atoms with Crippen molar-refractivity contribution < 1.29 is 22.4 Å². The van der Waals surface area contributed by atoms with Crippen molar-refractivity contribution in [3.05, 3.63) is 42.4 Å². The summed E-state index contributed by atoms with van der Waals surface area (Å²) in [4.78, 5) is 17.2. The van der Waals surface area contributed by atoms with Gasteiger partial charge in [0.15, 0.2) is 11.7 Å². The quantitative estimate of drug-likeness (QED) is 0.635. The van der Waals surface area contributed by atoms with E-state index in [1.807, 2.05) is 37.3 Å². The van der Waals surface area contributed by atoms with E-state index in [1.54, 1.807) is 6.20 Å².